The van der Waals surface area contributed by atoms with Crippen molar-refractivity contribution in [3.63, 3.8) is 0 Å². The van der Waals surface area contributed by atoms with Crippen molar-refractivity contribution in [2.24, 2.45) is 0 Å². The van der Waals surface area contributed by atoms with E-state index in [0.29, 0.717) is 18.4 Å². The first kappa shape index (κ1) is 17.8. The lowest BCUT2D eigenvalue weighted by atomic mass is 10.1. The standard InChI is InChI=1S/C17H18F2N2O3/c18-17(19)24-14-4-2-13(3-5-14)15(22)11-21-16(23)6-1-12-7-9-20-10-8-12/h2-5,7-10,15,17,22H,1,6,11H2,(H,21,23). The van der Waals surface area contributed by atoms with E-state index in [1.165, 1.54) is 24.3 Å². The number of ether oxygens (including phenoxy) is 1. The summed E-state index contributed by atoms with van der Waals surface area (Å²) in [5.74, 6) is -0.161. The van der Waals surface area contributed by atoms with Crippen LogP contribution in [0.5, 0.6) is 5.75 Å². The Morgan fingerprint density at radius 3 is 2.46 bits per heavy atom. The zero-order chi connectivity index (χ0) is 17.4. The number of carbonyl (C=O) groups is 1. The van der Waals surface area contributed by atoms with Gasteiger partial charge in [0.2, 0.25) is 5.91 Å². The summed E-state index contributed by atoms with van der Waals surface area (Å²) >= 11 is 0. The number of hydrogen-bond acceptors (Lipinski definition) is 4. The third-order valence-electron chi connectivity index (χ3n) is 3.37. The zero-order valence-electron chi connectivity index (χ0n) is 12.9. The third-order valence-corrected chi connectivity index (χ3v) is 3.37. The maximum absolute atomic E-state index is 12.1. The highest BCUT2D eigenvalue weighted by Crippen LogP contribution is 2.19. The molecule has 2 rings (SSSR count). The van der Waals surface area contributed by atoms with Gasteiger partial charge in [0.1, 0.15) is 5.75 Å². The fourth-order valence-electron chi connectivity index (χ4n) is 2.10. The smallest absolute Gasteiger partial charge is 0.387 e. The first-order valence-corrected chi connectivity index (χ1v) is 7.43. The number of nitrogens with one attached hydrogen (secondary N) is 1. The van der Waals surface area contributed by atoms with E-state index in [1.54, 1.807) is 12.4 Å². The minimum Gasteiger partial charge on any atom is -0.435 e. The molecule has 1 amide bonds. The van der Waals surface area contributed by atoms with Gasteiger partial charge < -0.3 is 15.2 Å². The van der Waals surface area contributed by atoms with E-state index in [2.05, 4.69) is 15.0 Å². The van der Waals surface area contributed by atoms with Gasteiger partial charge in [-0.25, -0.2) is 0 Å². The molecule has 128 valence electrons. The van der Waals surface area contributed by atoms with Crippen LogP contribution in [-0.2, 0) is 11.2 Å². The molecule has 1 unspecified atom stereocenters. The van der Waals surface area contributed by atoms with Gasteiger partial charge in [0.15, 0.2) is 0 Å². The summed E-state index contributed by atoms with van der Waals surface area (Å²) in [6, 6.07) is 9.32. The zero-order valence-corrected chi connectivity index (χ0v) is 12.9. The van der Waals surface area contributed by atoms with Crippen LogP contribution in [0.3, 0.4) is 0 Å². The molecular formula is C17H18F2N2O3. The van der Waals surface area contributed by atoms with Gasteiger partial charge in [-0.3, -0.25) is 9.78 Å². The maximum Gasteiger partial charge on any atom is 0.387 e. The van der Waals surface area contributed by atoms with Crippen molar-refractivity contribution in [3.8, 4) is 5.75 Å². The fourth-order valence-corrected chi connectivity index (χ4v) is 2.10. The highest BCUT2D eigenvalue weighted by atomic mass is 19.3. The van der Waals surface area contributed by atoms with Crippen LogP contribution in [0.2, 0.25) is 0 Å². The lowest BCUT2D eigenvalue weighted by molar-refractivity contribution is -0.121. The van der Waals surface area contributed by atoms with Crippen molar-refractivity contribution in [1.82, 2.24) is 10.3 Å². The van der Waals surface area contributed by atoms with E-state index in [4.69, 9.17) is 0 Å². The second-order valence-corrected chi connectivity index (χ2v) is 5.12. The van der Waals surface area contributed by atoms with E-state index < -0.39 is 12.7 Å². The number of alkyl halides is 2. The van der Waals surface area contributed by atoms with Gasteiger partial charge in [-0.1, -0.05) is 12.1 Å². The number of aryl methyl sites for hydroxylation is 1. The molecule has 7 heteroatoms. The molecule has 1 aromatic heterocycles. The van der Waals surface area contributed by atoms with Crippen molar-refractivity contribution in [1.29, 1.82) is 0 Å². The number of benzene rings is 1. The Morgan fingerprint density at radius 1 is 1.17 bits per heavy atom. The Labute approximate surface area is 138 Å². The van der Waals surface area contributed by atoms with Crippen LogP contribution >= 0.6 is 0 Å². The molecule has 1 atom stereocenters. The van der Waals surface area contributed by atoms with Gasteiger partial charge in [0.05, 0.1) is 6.10 Å². The molecule has 2 aromatic rings. The van der Waals surface area contributed by atoms with E-state index in [0.717, 1.165) is 5.56 Å². The Morgan fingerprint density at radius 2 is 1.83 bits per heavy atom. The largest absolute Gasteiger partial charge is 0.435 e. The van der Waals surface area contributed by atoms with Crippen molar-refractivity contribution >= 4 is 5.91 Å². The van der Waals surface area contributed by atoms with Crippen LogP contribution in [0.15, 0.2) is 48.8 Å². The summed E-state index contributed by atoms with van der Waals surface area (Å²) < 4.78 is 28.4. The number of halogens is 2. The average Bonchev–Trinajstić information content (AvgIpc) is 2.59. The Hall–Kier alpha value is -2.54. The number of aliphatic hydroxyl groups is 1. The number of rotatable bonds is 8. The molecule has 5 nitrogen and oxygen atoms in total. The average molecular weight is 336 g/mol. The molecule has 1 heterocycles. The van der Waals surface area contributed by atoms with Crippen LogP contribution in [0.1, 0.15) is 23.7 Å². The molecule has 0 fully saturated rings. The van der Waals surface area contributed by atoms with Gasteiger partial charge in [-0.2, -0.15) is 8.78 Å². The van der Waals surface area contributed by atoms with Crippen LogP contribution in [-0.4, -0.2) is 29.2 Å². The van der Waals surface area contributed by atoms with Crippen molar-refractivity contribution < 1.29 is 23.4 Å². The lowest BCUT2D eigenvalue weighted by Gasteiger charge is -2.13. The van der Waals surface area contributed by atoms with Crippen LogP contribution in [0.25, 0.3) is 0 Å². The summed E-state index contributed by atoms with van der Waals surface area (Å²) in [5, 5.41) is 12.7. The molecule has 0 aliphatic carbocycles. The molecule has 0 spiro atoms. The quantitative estimate of drug-likeness (QED) is 0.777. The molecule has 2 N–H and O–H groups in total. The monoisotopic (exact) mass is 336 g/mol. The minimum absolute atomic E-state index is 0.0161. The first-order chi connectivity index (χ1) is 11.5. The van der Waals surface area contributed by atoms with E-state index >= 15 is 0 Å². The highest BCUT2D eigenvalue weighted by Gasteiger charge is 2.11. The van der Waals surface area contributed by atoms with Crippen molar-refractivity contribution in [2.75, 3.05) is 6.54 Å². The SMILES string of the molecule is O=C(CCc1ccncc1)NCC(O)c1ccc(OC(F)F)cc1. The summed E-state index contributed by atoms with van der Waals surface area (Å²) in [6.07, 6.45) is 3.30. The summed E-state index contributed by atoms with van der Waals surface area (Å²) in [5.41, 5.74) is 1.52. The molecular weight excluding hydrogens is 318 g/mol. The molecule has 0 aliphatic heterocycles. The Balaban J connectivity index is 1.75. The van der Waals surface area contributed by atoms with Crippen molar-refractivity contribution in [2.45, 2.75) is 25.6 Å². The lowest BCUT2D eigenvalue weighted by Crippen LogP contribution is -2.28. The summed E-state index contributed by atoms with van der Waals surface area (Å²) in [7, 11) is 0. The maximum atomic E-state index is 12.1. The third kappa shape index (κ3) is 5.92. The molecule has 0 bridgehead atoms. The van der Waals surface area contributed by atoms with E-state index in [-0.39, 0.29) is 18.2 Å². The van der Waals surface area contributed by atoms with Crippen LogP contribution in [0.4, 0.5) is 8.78 Å². The first-order valence-electron chi connectivity index (χ1n) is 7.43. The highest BCUT2D eigenvalue weighted by molar-refractivity contribution is 5.76. The molecule has 0 saturated carbocycles. The number of nitrogens with zero attached hydrogens (tertiary/aromatic N) is 1. The van der Waals surface area contributed by atoms with Gasteiger partial charge in [-0.15, -0.1) is 0 Å². The Bertz CT molecular complexity index is 636. The topological polar surface area (TPSA) is 71.5 Å². The van der Waals surface area contributed by atoms with Gasteiger partial charge in [-0.05, 0) is 41.8 Å². The van der Waals surface area contributed by atoms with Crippen molar-refractivity contribution in [3.05, 3.63) is 59.9 Å². The normalized spacial score (nSPS) is 12.0. The predicted molar refractivity (Wildman–Crippen MR) is 83.6 cm³/mol. The Kier molecular flexibility index (Phi) is 6.62. The summed E-state index contributed by atoms with van der Waals surface area (Å²) in [4.78, 5) is 15.7. The number of hydrogen-bond donors (Lipinski definition) is 2. The van der Waals surface area contributed by atoms with Crippen LogP contribution < -0.4 is 10.1 Å². The second-order valence-electron chi connectivity index (χ2n) is 5.12. The van der Waals surface area contributed by atoms with E-state index in [1.807, 2.05) is 12.1 Å². The minimum atomic E-state index is -2.89. The number of aliphatic hydroxyl groups excluding tert-OH is 1. The number of pyridine rings is 1. The summed E-state index contributed by atoms with van der Waals surface area (Å²) in [6.45, 7) is -2.84. The number of amides is 1. The molecule has 0 aliphatic rings. The fraction of sp³-hybridized carbons (Fsp3) is 0.294. The van der Waals surface area contributed by atoms with Gasteiger partial charge in [0, 0.05) is 25.4 Å². The molecule has 0 radical (unpaired) electrons. The molecule has 1 aromatic carbocycles. The number of carbonyl (C=O) groups excluding carboxylic acids is 1. The van der Waals surface area contributed by atoms with E-state index in [9.17, 15) is 18.7 Å². The molecule has 0 saturated heterocycles. The second kappa shape index (κ2) is 8.93. The number of aromatic nitrogens is 1. The molecule has 24 heavy (non-hydrogen) atoms. The van der Waals surface area contributed by atoms with Crippen LogP contribution in [0, 0.1) is 0 Å². The van der Waals surface area contributed by atoms with Gasteiger partial charge in [0.25, 0.3) is 0 Å². The van der Waals surface area contributed by atoms with Gasteiger partial charge >= 0.3 is 6.61 Å². The predicted octanol–water partition coefficient (Wildman–Crippen LogP) is 2.47.